The first-order valence-corrected chi connectivity index (χ1v) is 10.7. The summed E-state index contributed by atoms with van der Waals surface area (Å²) in [6, 6.07) is 12.0. The van der Waals surface area contributed by atoms with Crippen molar-refractivity contribution in [2.75, 3.05) is 6.61 Å². The number of aromatic nitrogens is 1. The molecular formula is C25H26F3NO4. The Kier molecular flexibility index (Phi) is 7.46. The molecule has 0 spiro atoms. The Labute approximate surface area is 190 Å². The van der Waals surface area contributed by atoms with Gasteiger partial charge in [-0.3, -0.25) is 4.79 Å². The Morgan fingerprint density at radius 1 is 1.12 bits per heavy atom. The molecule has 3 rings (SSSR count). The summed E-state index contributed by atoms with van der Waals surface area (Å²) in [6.45, 7) is 6.16. The van der Waals surface area contributed by atoms with Crippen LogP contribution < -0.4 is 4.74 Å². The number of aliphatic carboxylic acids is 1. The summed E-state index contributed by atoms with van der Waals surface area (Å²) in [5, 5.41) is 8.85. The summed E-state index contributed by atoms with van der Waals surface area (Å²) in [5.41, 5.74) is 1.34. The lowest BCUT2D eigenvalue weighted by molar-refractivity contribution is -0.138. The van der Waals surface area contributed by atoms with Crippen LogP contribution in [0.1, 0.15) is 61.6 Å². The quantitative estimate of drug-likeness (QED) is 0.385. The molecule has 2 aromatic carbocycles. The Bertz CT molecular complexity index is 1090. The Morgan fingerprint density at radius 3 is 2.42 bits per heavy atom. The van der Waals surface area contributed by atoms with Crippen LogP contribution >= 0.6 is 0 Å². The number of carboxylic acid groups (broad SMARTS) is 1. The number of rotatable bonds is 9. The van der Waals surface area contributed by atoms with Gasteiger partial charge in [0.2, 0.25) is 5.89 Å². The molecule has 1 atom stereocenters. The standard InChI is InChI=1S/C25H26F3NO4/c1-15(2)22-23(33-24(29-22)18-8-10-19(11-9-18)25(26,27)28)16(3)14-32-20-6-4-5-17(13-20)7-12-21(30)31/h4-6,8-11,13,15-16H,7,12,14H2,1-3H3,(H,30,31)/t16-/m1/s1. The van der Waals surface area contributed by atoms with Gasteiger partial charge in [-0.25, -0.2) is 4.98 Å². The molecule has 0 bridgehead atoms. The number of hydrogen-bond donors (Lipinski definition) is 1. The topological polar surface area (TPSA) is 72.6 Å². The SMILES string of the molecule is CC(C)c1nc(-c2ccc(C(F)(F)F)cc2)oc1[C@H](C)COc1cccc(CCC(=O)O)c1. The predicted octanol–water partition coefficient (Wildman–Crippen LogP) is 6.68. The summed E-state index contributed by atoms with van der Waals surface area (Å²) >= 11 is 0. The minimum Gasteiger partial charge on any atom is -0.493 e. The van der Waals surface area contributed by atoms with Gasteiger partial charge in [-0.1, -0.05) is 32.9 Å². The maximum Gasteiger partial charge on any atom is 0.416 e. The largest absolute Gasteiger partial charge is 0.493 e. The minimum absolute atomic E-state index is 0.0440. The molecule has 1 heterocycles. The van der Waals surface area contributed by atoms with Gasteiger partial charge < -0.3 is 14.3 Å². The van der Waals surface area contributed by atoms with Gasteiger partial charge in [0.1, 0.15) is 11.5 Å². The molecule has 5 nitrogen and oxygen atoms in total. The Morgan fingerprint density at radius 2 is 1.82 bits per heavy atom. The average Bonchev–Trinajstić information content (AvgIpc) is 3.22. The first kappa shape index (κ1) is 24.4. The second kappa shape index (κ2) is 10.1. The number of aryl methyl sites for hydroxylation is 1. The molecule has 176 valence electrons. The smallest absolute Gasteiger partial charge is 0.416 e. The van der Waals surface area contributed by atoms with E-state index in [1.54, 1.807) is 6.07 Å². The third-order valence-electron chi connectivity index (χ3n) is 5.16. The highest BCUT2D eigenvalue weighted by Gasteiger charge is 2.30. The van der Waals surface area contributed by atoms with E-state index in [2.05, 4.69) is 4.98 Å². The maximum atomic E-state index is 12.9. The number of alkyl halides is 3. The lowest BCUT2D eigenvalue weighted by Crippen LogP contribution is -2.09. The van der Waals surface area contributed by atoms with E-state index >= 15 is 0 Å². The van der Waals surface area contributed by atoms with E-state index < -0.39 is 17.7 Å². The third-order valence-corrected chi connectivity index (χ3v) is 5.16. The minimum atomic E-state index is -4.40. The first-order valence-electron chi connectivity index (χ1n) is 10.7. The molecule has 1 aromatic heterocycles. The van der Waals surface area contributed by atoms with Crippen molar-refractivity contribution in [1.29, 1.82) is 0 Å². The summed E-state index contributed by atoms with van der Waals surface area (Å²) in [7, 11) is 0. The fraction of sp³-hybridized carbons (Fsp3) is 0.360. The van der Waals surface area contributed by atoms with Crippen molar-refractivity contribution in [2.24, 2.45) is 0 Å². The van der Waals surface area contributed by atoms with Crippen molar-refractivity contribution in [3.05, 3.63) is 71.1 Å². The van der Waals surface area contributed by atoms with Gasteiger partial charge in [-0.05, 0) is 54.3 Å². The van der Waals surface area contributed by atoms with Crippen LogP contribution in [0.25, 0.3) is 11.5 Å². The van der Waals surface area contributed by atoms with Crippen molar-refractivity contribution in [2.45, 2.75) is 51.6 Å². The summed E-state index contributed by atoms with van der Waals surface area (Å²) in [6.07, 6.45) is -3.94. The lowest BCUT2D eigenvalue weighted by Gasteiger charge is -2.14. The van der Waals surface area contributed by atoms with Crippen LogP contribution in [0.3, 0.4) is 0 Å². The molecule has 0 saturated carbocycles. The van der Waals surface area contributed by atoms with E-state index in [0.29, 0.717) is 30.1 Å². The second-order valence-corrected chi connectivity index (χ2v) is 8.25. The zero-order valence-corrected chi connectivity index (χ0v) is 18.6. The molecule has 0 radical (unpaired) electrons. The van der Waals surface area contributed by atoms with E-state index in [9.17, 15) is 18.0 Å². The molecule has 0 saturated heterocycles. The molecule has 0 aliphatic carbocycles. The van der Waals surface area contributed by atoms with Crippen molar-refractivity contribution < 1.29 is 32.2 Å². The number of ether oxygens (including phenoxy) is 1. The van der Waals surface area contributed by atoms with Crippen molar-refractivity contribution in [1.82, 2.24) is 4.98 Å². The number of hydrogen-bond acceptors (Lipinski definition) is 4. The molecule has 33 heavy (non-hydrogen) atoms. The monoisotopic (exact) mass is 461 g/mol. The number of benzene rings is 2. The van der Waals surface area contributed by atoms with Gasteiger partial charge in [-0.2, -0.15) is 13.2 Å². The molecule has 1 N–H and O–H groups in total. The summed E-state index contributed by atoms with van der Waals surface area (Å²) < 4.78 is 50.5. The van der Waals surface area contributed by atoms with E-state index in [-0.39, 0.29) is 24.1 Å². The zero-order chi connectivity index (χ0) is 24.2. The predicted molar refractivity (Wildman–Crippen MR) is 117 cm³/mol. The van der Waals surface area contributed by atoms with Gasteiger partial charge in [0.25, 0.3) is 0 Å². The van der Waals surface area contributed by atoms with Crippen LogP contribution in [0.15, 0.2) is 52.9 Å². The second-order valence-electron chi connectivity index (χ2n) is 8.25. The van der Waals surface area contributed by atoms with Crippen LogP contribution in [-0.2, 0) is 17.4 Å². The van der Waals surface area contributed by atoms with Gasteiger partial charge >= 0.3 is 12.1 Å². The van der Waals surface area contributed by atoms with Gasteiger partial charge in [0.15, 0.2) is 0 Å². The van der Waals surface area contributed by atoms with Crippen LogP contribution in [0.4, 0.5) is 13.2 Å². The number of oxazole rings is 1. The molecule has 0 unspecified atom stereocenters. The first-order chi connectivity index (χ1) is 15.5. The lowest BCUT2D eigenvalue weighted by atomic mass is 10.0. The number of nitrogens with zero attached hydrogens (tertiary/aromatic N) is 1. The van der Waals surface area contributed by atoms with Crippen LogP contribution in [0.2, 0.25) is 0 Å². The maximum absolute atomic E-state index is 12.9. The number of carboxylic acids is 1. The van der Waals surface area contributed by atoms with Gasteiger partial charge in [0, 0.05) is 12.0 Å². The van der Waals surface area contributed by atoms with E-state index in [1.165, 1.54) is 12.1 Å². The van der Waals surface area contributed by atoms with Crippen molar-refractivity contribution in [3.63, 3.8) is 0 Å². The van der Waals surface area contributed by atoms with E-state index in [1.807, 2.05) is 39.0 Å². The van der Waals surface area contributed by atoms with Crippen LogP contribution in [0, 0.1) is 0 Å². The molecule has 0 amide bonds. The van der Waals surface area contributed by atoms with Crippen molar-refractivity contribution in [3.8, 4) is 17.2 Å². The number of halogens is 3. The third kappa shape index (κ3) is 6.37. The highest BCUT2D eigenvalue weighted by Crippen LogP contribution is 2.34. The summed E-state index contributed by atoms with van der Waals surface area (Å²) in [5.74, 6) is 0.546. The highest BCUT2D eigenvalue weighted by atomic mass is 19.4. The van der Waals surface area contributed by atoms with Gasteiger partial charge in [0.05, 0.1) is 23.8 Å². The van der Waals surface area contributed by atoms with Gasteiger partial charge in [-0.15, -0.1) is 0 Å². The van der Waals surface area contributed by atoms with Crippen LogP contribution in [0.5, 0.6) is 5.75 Å². The van der Waals surface area contributed by atoms with E-state index in [4.69, 9.17) is 14.3 Å². The normalized spacial score (nSPS) is 12.7. The fourth-order valence-electron chi connectivity index (χ4n) is 3.37. The van der Waals surface area contributed by atoms with Crippen LogP contribution in [-0.4, -0.2) is 22.7 Å². The molecular weight excluding hydrogens is 435 g/mol. The molecule has 0 fully saturated rings. The number of carbonyl (C=O) groups is 1. The molecule has 3 aromatic rings. The molecule has 0 aliphatic heterocycles. The highest BCUT2D eigenvalue weighted by molar-refractivity contribution is 5.67. The van der Waals surface area contributed by atoms with Crippen molar-refractivity contribution >= 4 is 5.97 Å². The Hall–Kier alpha value is -3.29. The van der Waals surface area contributed by atoms with E-state index in [0.717, 1.165) is 23.4 Å². The molecule has 8 heteroatoms. The molecule has 0 aliphatic rings. The average molecular weight is 461 g/mol. The summed E-state index contributed by atoms with van der Waals surface area (Å²) in [4.78, 5) is 15.3. The Balaban J connectivity index is 1.75. The fourth-order valence-corrected chi connectivity index (χ4v) is 3.37. The zero-order valence-electron chi connectivity index (χ0n) is 18.6.